The van der Waals surface area contributed by atoms with E-state index < -0.39 is 0 Å². The first-order valence-corrected chi connectivity index (χ1v) is 3.67. The second-order valence-corrected chi connectivity index (χ2v) is 2.47. The summed E-state index contributed by atoms with van der Waals surface area (Å²) in [6.07, 6.45) is 12.2. The molecule has 0 saturated carbocycles. The van der Waals surface area contributed by atoms with E-state index in [0.717, 1.165) is 24.8 Å². The van der Waals surface area contributed by atoms with Gasteiger partial charge in [-0.25, -0.2) is 6.08 Å². The molecule has 1 aliphatic carbocycles. The number of rotatable bonds is 1. The van der Waals surface area contributed by atoms with E-state index in [1.807, 2.05) is 18.4 Å². The molecule has 0 saturated heterocycles. The predicted octanol–water partition coefficient (Wildman–Crippen LogP) is 2.15. The standard InChI is InChI=1S/C9H11O.Ru/c10-8-9-6-4-2-1-3-5-7-9;/h2,4,6H,1,3,5,7H2;/q-1;+1/b4-2-,9-6+;. The van der Waals surface area contributed by atoms with E-state index in [9.17, 15) is 4.79 Å². The van der Waals surface area contributed by atoms with E-state index in [1.165, 1.54) is 6.42 Å². The molecule has 2 heteroatoms. The van der Waals surface area contributed by atoms with Crippen molar-refractivity contribution in [1.82, 2.24) is 0 Å². The molecule has 0 spiro atoms. The average Bonchev–Trinajstić information content (AvgIpc) is 1.87. The molecule has 0 aromatic heterocycles. The first-order chi connectivity index (χ1) is 4.93. The molecular weight excluding hydrogens is 225 g/mol. The maximum atomic E-state index is 10.2. The van der Waals surface area contributed by atoms with E-state index in [-0.39, 0.29) is 19.5 Å². The van der Waals surface area contributed by atoms with Gasteiger partial charge < -0.3 is 4.79 Å². The second-order valence-electron chi connectivity index (χ2n) is 2.47. The SMILES string of the molecule is O=[C-]/C1=C/C=C\CCCC1.[Ru+]. The van der Waals surface area contributed by atoms with Gasteiger partial charge in [0.15, 0.2) is 0 Å². The average molecular weight is 236 g/mol. The summed E-state index contributed by atoms with van der Waals surface area (Å²) in [5, 5.41) is 0. The van der Waals surface area contributed by atoms with Gasteiger partial charge in [0.1, 0.15) is 0 Å². The van der Waals surface area contributed by atoms with Crippen molar-refractivity contribution in [1.29, 1.82) is 0 Å². The van der Waals surface area contributed by atoms with Crippen molar-refractivity contribution < 1.29 is 24.3 Å². The van der Waals surface area contributed by atoms with E-state index >= 15 is 0 Å². The summed E-state index contributed by atoms with van der Waals surface area (Å²) >= 11 is 0. The fraction of sp³-hybridized carbons (Fsp3) is 0.444. The Morgan fingerprint density at radius 1 is 1.36 bits per heavy atom. The number of carbonyl (C=O) groups excluding carboxylic acids is 1. The third-order valence-corrected chi connectivity index (χ3v) is 1.63. The summed E-state index contributed by atoms with van der Waals surface area (Å²) in [7, 11) is 0. The van der Waals surface area contributed by atoms with Gasteiger partial charge in [-0.15, -0.1) is 12.2 Å². The summed E-state index contributed by atoms with van der Waals surface area (Å²) in [6, 6.07) is 0. The van der Waals surface area contributed by atoms with Gasteiger partial charge in [-0.2, -0.15) is 5.57 Å². The summed E-state index contributed by atoms with van der Waals surface area (Å²) in [5.41, 5.74) is 0.802. The van der Waals surface area contributed by atoms with Crippen LogP contribution in [0.4, 0.5) is 0 Å². The molecule has 1 rings (SSSR count). The van der Waals surface area contributed by atoms with Crippen molar-refractivity contribution in [2.45, 2.75) is 25.7 Å². The molecule has 0 N–H and O–H groups in total. The zero-order valence-corrected chi connectivity index (χ0v) is 8.06. The summed E-state index contributed by atoms with van der Waals surface area (Å²) in [5.74, 6) is 0. The fourth-order valence-electron chi connectivity index (χ4n) is 1.03. The Hall–Kier alpha value is -0.227. The molecule has 0 aliphatic heterocycles. The van der Waals surface area contributed by atoms with Crippen LogP contribution in [0.5, 0.6) is 0 Å². The van der Waals surface area contributed by atoms with Crippen LogP contribution in [0, 0.1) is 0 Å². The molecule has 11 heavy (non-hydrogen) atoms. The Bertz CT molecular complexity index is 170. The summed E-state index contributed by atoms with van der Waals surface area (Å²) in [6.45, 7) is 0. The van der Waals surface area contributed by atoms with Gasteiger partial charge >= 0.3 is 19.5 Å². The number of hydrogen-bond donors (Lipinski definition) is 0. The molecule has 1 aliphatic rings. The Morgan fingerprint density at radius 3 is 2.91 bits per heavy atom. The van der Waals surface area contributed by atoms with Crippen LogP contribution in [-0.2, 0) is 24.3 Å². The first kappa shape index (κ1) is 10.8. The molecule has 0 fully saturated rings. The van der Waals surface area contributed by atoms with Crippen LogP contribution in [-0.4, -0.2) is 6.29 Å². The molecule has 0 bridgehead atoms. The summed E-state index contributed by atoms with van der Waals surface area (Å²) < 4.78 is 0. The van der Waals surface area contributed by atoms with E-state index in [0.29, 0.717) is 0 Å². The normalized spacial score (nSPS) is 24.9. The molecule has 0 unspecified atom stereocenters. The van der Waals surface area contributed by atoms with Gasteiger partial charge in [-0.3, -0.25) is 0 Å². The quantitative estimate of drug-likeness (QED) is 0.503. The third kappa shape index (κ3) is 4.26. The monoisotopic (exact) mass is 237 g/mol. The van der Waals surface area contributed by atoms with Gasteiger partial charge in [0.2, 0.25) is 0 Å². The first-order valence-electron chi connectivity index (χ1n) is 3.67. The zero-order chi connectivity index (χ0) is 7.23. The predicted molar refractivity (Wildman–Crippen MR) is 41.4 cm³/mol. The Kier molecular flexibility index (Phi) is 6.35. The Labute approximate surface area is 80.3 Å². The fourth-order valence-corrected chi connectivity index (χ4v) is 1.03. The number of allylic oxidation sites excluding steroid dienone is 4. The van der Waals surface area contributed by atoms with Gasteiger partial charge in [-0.1, -0.05) is 12.8 Å². The molecule has 1 radical (unpaired) electrons. The van der Waals surface area contributed by atoms with Crippen molar-refractivity contribution in [2.75, 3.05) is 0 Å². The minimum atomic E-state index is 0. The van der Waals surface area contributed by atoms with Crippen molar-refractivity contribution in [2.24, 2.45) is 0 Å². The molecule has 0 aromatic rings. The molecule has 0 heterocycles. The Balaban J connectivity index is 0.000001000. The van der Waals surface area contributed by atoms with Crippen molar-refractivity contribution in [3.05, 3.63) is 23.8 Å². The topological polar surface area (TPSA) is 17.1 Å². The van der Waals surface area contributed by atoms with Crippen LogP contribution in [0.25, 0.3) is 0 Å². The zero-order valence-electron chi connectivity index (χ0n) is 6.32. The van der Waals surface area contributed by atoms with Gasteiger partial charge in [0.05, 0.1) is 0 Å². The minimum Gasteiger partial charge on any atom is -0.419 e. The smallest absolute Gasteiger partial charge is 0.419 e. The van der Waals surface area contributed by atoms with Crippen LogP contribution in [0.15, 0.2) is 23.8 Å². The van der Waals surface area contributed by atoms with E-state index in [1.54, 1.807) is 0 Å². The molecule has 0 atom stereocenters. The maximum Gasteiger partial charge on any atom is 1.00 e. The molecule has 1 nitrogen and oxygen atoms in total. The van der Waals surface area contributed by atoms with Crippen LogP contribution in [0.2, 0.25) is 0 Å². The molecule has 0 amide bonds. The molecule has 0 aromatic carbocycles. The van der Waals surface area contributed by atoms with Crippen molar-refractivity contribution >= 4 is 6.29 Å². The van der Waals surface area contributed by atoms with Crippen LogP contribution in [0.1, 0.15) is 25.7 Å². The maximum absolute atomic E-state index is 10.2. The second kappa shape index (κ2) is 6.48. The van der Waals surface area contributed by atoms with Gasteiger partial charge in [-0.05, 0) is 19.1 Å². The number of hydrogen-bond acceptors (Lipinski definition) is 1. The van der Waals surface area contributed by atoms with Crippen LogP contribution in [0.3, 0.4) is 0 Å². The van der Waals surface area contributed by atoms with Gasteiger partial charge in [0.25, 0.3) is 0 Å². The minimum absolute atomic E-state index is 0. The summed E-state index contributed by atoms with van der Waals surface area (Å²) in [4.78, 5) is 10.2. The van der Waals surface area contributed by atoms with Crippen molar-refractivity contribution in [3.63, 3.8) is 0 Å². The largest absolute Gasteiger partial charge is 1.00 e. The van der Waals surface area contributed by atoms with Crippen molar-refractivity contribution in [3.8, 4) is 0 Å². The van der Waals surface area contributed by atoms with E-state index in [4.69, 9.17) is 0 Å². The molecule has 61 valence electrons. The van der Waals surface area contributed by atoms with Gasteiger partial charge in [0, 0.05) is 0 Å². The third-order valence-electron chi connectivity index (χ3n) is 1.63. The van der Waals surface area contributed by atoms with Crippen LogP contribution >= 0.6 is 0 Å². The van der Waals surface area contributed by atoms with E-state index in [2.05, 4.69) is 6.08 Å². The molecular formula is C9H11ORu. The van der Waals surface area contributed by atoms with Crippen LogP contribution < -0.4 is 0 Å². The Morgan fingerprint density at radius 2 is 2.18 bits per heavy atom.